The summed E-state index contributed by atoms with van der Waals surface area (Å²) in [7, 11) is 0. The first kappa shape index (κ1) is 14.6. The molecule has 0 nitrogen and oxygen atoms in total. The minimum Gasteiger partial charge on any atom is -0.207 e. The third kappa shape index (κ3) is 3.62. The number of rotatable bonds is 2. The fourth-order valence-electron chi connectivity index (χ4n) is 1.98. The number of alkyl halides is 3. The van der Waals surface area contributed by atoms with Crippen molar-refractivity contribution in [1.29, 1.82) is 0 Å². The molecule has 0 aromatic heterocycles. The quantitative estimate of drug-likeness (QED) is 0.629. The summed E-state index contributed by atoms with van der Waals surface area (Å²) in [4.78, 5) is 0. The molecule has 1 unspecified atom stereocenters. The number of hydrogen-bond acceptors (Lipinski definition) is 0. The molecule has 2 aromatic rings. The molecular weight excluding hydrogens is 306 g/mol. The molecule has 0 radical (unpaired) electrons. The molecule has 0 aliphatic heterocycles. The van der Waals surface area contributed by atoms with Crippen molar-refractivity contribution in [2.24, 2.45) is 0 Å². The summed E-state index contributed by atoms with van der Waals surface area (Å²) in [5.74, 6) is -0.741. The van der Waals surface area contributed by atoms with Gasteiger partial charge in [0.05, 0.1) is 5.92 Å². The molecule has 0 amide bonds. The van der Waals surface area contributed by atoms with Crippen molar-refractivity contribution >= 4 is 34.8 Å². The highest BCUT2D eigenvalue weighted by atomic mass is 35.6. The van der Waals surface area contributed by atoms with Crippen molar-refractivity contribution in [3.05, 3.63) is 71.0 Å². The van der Waals surface area contributed by atoms with Gasteiger partial charge in [0.2, 0.25) is 3.79 Å². The van der Waals surface area contributed by atoms with E-state index in [4.69, 9.17) is 34.8 Å². The third-order valence-corrected chi connectivity index (χ3v) is 3.60. The van der Waals surface area contributed by atoms with Gasteiger partial charge in [-0.25, -0.2) is 4.39 Å². The lowest BCUT2D eigenvalue weighted by atomic mass is 9.92. The highest BCUT2D eigenvalue weighted by Crippen LogP contribution is 2.45. The van der Waals surface area contributed by atoms with E-state index in [9.17, 15) is 4.39 Å². The Bertz CT molecular complexity index is 496. The van der Waals surface area contributed by atoms with Crippen LogP contribution in [0.15, 0.2) is 48.5 Å². The Morgan fingerprint density at radius 1 is 0.842 bits per heavy atom. The van der Waals surface area contributed by atoms with Gasteiger partial charge in [0.25, 0.3) is 0 Å². The summed E-state index contributed by atoms with van der Waals surface area (Å²) >= 11 is 18.3. The summed E-state index contributed by atoms with van der Waals surface area (Å²) in [6.45, 7) is 1.99. The lowest BCUT2D eigenvalue weighted by Crippen LogP contribution is -2.18. The van der Waals surface area contributed by atoms with Crippen molar-refractivity contribution in [1.82, 2.24) is 0 Å². The molecule has 2 rings (SSSR count). The molecule has 0 aliphatic rings. The molecule has 2 aromatic carbocycles. The van der Waals surface area contributed by atoms with Crippen LogP contribution in [0.5, 0.6) is 0 Å². The van der Waals surface area contributed by atoms with Crippen molar-refractivity contribution in [3.63, 3.8) is 0 Å². The van der Waals surface area contributed by atoms with Crippen molar-refractivity contribution < 1.29 is 4.39 Å². The molecule has 0 spiro atoms. The van der Waals surface area contributed by atoms with Crippen LogP contribution in [-0.4, -0.2) is 3.79 Å². The largest absolute Gasteiger partial charge is 0.207 e. The van der Waals surface area contributed by atoms with Crippen molar-refractivity contribution in [2.45, 2.75) is 16.6 Å². The van der Waals surface area contributed by atoms with Gasteiger partial charge < -0.3 is 0 Å². The number of benzene rings is 2. The van der Waals surface area contributed by atoms with Crippen LogP contribution in [0.25, 0.3) is 0 Å². The average Bonchev–Trinajstić information content (AvgIpc) is 2.33. The van der Waals surface area contributed by atoms with Crippen LogP contribution in [0.3, 0.4) is 0 Å². The zero-order chi connectivity index (χ0) is 14.0. The average molecular weight is 318 g/mol. The van der Waals surface area contributed by atoms with Gasteiger partial charge in [-0.05, 0) is 30.2 Å². The lowest BCUT2D eigenvalue weighted by molar-refractivity contribution is 0.626. The topological polar surface area (TPSA) is 0 Å². The van der Waals surface area contributed by atoms with Gasteiger partial charge in [0, 0.05) is 0 Å². The summed E-state index contributed by atoms with van der Waals surface area (Å²) in [6.07, 6.45) is 0. The van der Waals surface area contributed by atoms with E-state index < -0.39 is 9.71 Å². The number of aryl methyl sites for hydroxylation is 1. The molecule has 0 saturated carbocycles. The summed E-state index contributed by atoms with van der Waals surface area (Å²) in [6, 6.07) is 13.8. The van der Waals surface area contributed by atoms with E-state index in [1.807, 2.05) is 31.2 Å². The van der Waals surface area contributed by atoms with E-state index in [1.54, 1.807) is 12.1 Å². The van der Waals surface area contributed by atoms with E-state index in [-0.39, 0.29) is 5.82 Å². The van der Waals surface area contributed by atoms with Crippen LogP contribution >= 0.6 is 34.8 Å². The maximum Gasteiger partial charge on any atom is 0.201 e. The number of hydrogen-bond donors (Lipinski definition) is 0. The minimum atomic E-state index is -1.49. The molecular formula is C15H12Cl3F. The van der Waals surface area contributed by atoms with Gasteiger partial charge in [0.15, 0.2) is 0 Å². The highest BCUT2D eigenvalue weighted by Gasteiger charge is 2.35. The Kier molecular flexibility index (Phi) is 4.39. The molecule has 0 fully saturated rings. The van der Waals surface area contributed by atoms with Crippen LogP contribution in [0.1, 0.15) is 22.6 Å². The molecule has 0 bridgehead atoms. The standard InChI is InChI=1S/C15H12Cl3F/c1-10-2-4-11(5-3-10)14(15(16,17)18)12-6-8-13(19)9-7-12/h2-9,14H,1H3. The molecule has 0 saturated heterocycles. The minimum absolute atomic E-state index is 0.310. The monoisotopic (exact) mass is 316 g/mol. The van der Waals surface area contributed by atoms with E-state index in [1.165, 1.54) is 12.1 Å². The predicted octanol–water partition coefficient (Wildman–Crippen LogP) is 5.64. The van der Waals surface area contributed by atoms with Gasteiger partial charge in [-0.15, -0.1) is 0 Å². The Balaban J connectivity index is 2.47. The van der Waals surface area contributed by atoms with Gasteiger partial charge >= 0.3 is 0 Å². The van der Waals surface area contributed by atoms with E-state index in [2.05, 4.69) is 0 Å². The molecule has 0 heterocycles. The van der Waals surface area contributed by atoms with Gasteiger partial charge in [-0.2, -0.15) is 0 Å². The van der Waals surface area contributed by atoms with E-state index in [0.29, 0.717) is 0 Å². The fraction of sp³-hybridized carbons (Fsp3) is 0.200. The third-order valence-electron chi connectivity index (χ3n) is 2.94. The molecule has 4 heteroatoms. The summed E-state index contributed by atoms with van der Waals surface area (Å²) in [5.41, 5.74) is 2.79. The molecule has 0 N–H and O–H groups in total. The van der Waals surface area contributed by atoms with E-state index >= 15 is 0 Å². The Morgan fingerprint density at radius 3 is 1.68 bits per heavy atom. The Hall–Kier alpha value is -0.760. The van der Waals surface area contributed by atoms with Crippen molar-refractivity contribution in [3.8, 4) is 0 Å². The van der Waals surface area contributed by atoms with Gasteiger partial charge in [0.1, 0.15) is 5.82 Å². The SMILES string of the molecule is Cc1ccc(C(c2ccc(F)cc2)C(Cl)(Cl)Cl)cc1. The Labute approximate surface area is 127 Å². The smallest absolute Gasteiger partial charge is 0.201 e. The normalized spacial score (nSPS) is 13.3. The Morgan fingerprint density at radius 2 is 1.26 bits per heavy atom. The molecule has 100 valence electrons. The maximum atomic E-state index is 13.0. The first-order chi connectivity index (χ1) is 8.88. The summed E-state index contributed by atoms with van der Waals surface area (Å²) < 4.78 is 11.5. The molecule has 0 aliphatic carbocycles. The lowest BCUT2D eigenvalue weighted by Gasteiger charge is -2.25. The molecule has 1 atom stereocenters. The van der Waals surface area contributed by atoms with Crippen molar-refractivity contribution in [2.75, 3.05) is 0 Å². The molecule has 19 heavy (non-hydrogen) atoms. The second-order valence-corrected chi connectivity index (χ2v) is 6.81. The van der Waals surface area contributed by atoms with Crippen LogP contribution < -0.4 is 0 Å². The number of halogens is 4. The summed E-state index contributed by atoms with van der Waals surface area (Å²) in [5, 5.41) is 0. The van der Waals surface area contributed by atoms with Crippen LogP contribution in [0.4, 0.5) is 4.39 Å². The maximum absolute atomic E-state index is 13.0. The zero-order valence-corrected chi connectivity index (χ0v) is 12.5. The van der Waals surface area contributed by atoms with Crippen LogP contribution in [0, 0.1) is 12.7 Å². The first-order valence-electron chi connectivity index (χ1n) is 5.76. The predicted molar refractivity (Wildman–Crippen MR) is 79.7 cm³/mol. The first-order valence-corrected chi connectivity index (χ1v) is 6.90. The van der Waals surface area contributed by atoms with Gasteiger partial charge in [-0.1, -0.05) is 76.8 Å². The second-order valence-electron chi connectivity index (χ2n) is 4.44. The highest BCUT2D eigenvalue weighted by molar-refractivity contribution is 6.68. The van der Waals surface area contributed by atoms with Gasteiger partial charge in [-0.3, -0.25) is 0 Å². The van der Waals surface area contributed by atoms with Crippen LogP contribution in [0.2, 0.25) is 0 Å². The second kappa shape index (κ2) is 5.70. The van der Waals surface area contributed by atoms with E-state index in [0.717, 1.165) is 16.7 Å². The van der Waals surface area contributed by atoms with Crippen LogP contribution in [-0.2, 0) is 0 Å². The zero-order valence-electron chi connectivity index (χ0n) is 10.2. The fourth-order valence-corrected chi connectivity index (χ4v) is 2.74.